The first-order chi connectivity index (χ1) is 7.77. The molecule has 0 amide bonds. The molecule has 0 fully saturated rings. The summed E-state index contributed by atoms with van der Waals surface area (Å²) in [5.74, 6) is 0.790. The van der Waals surface area contributed by atoms with Gasteiger partial charge >= 0.3 is 5.97 Å². The number of fused-ring (bicyclic) bond motifs is 1. The van der Waals surface area contributed by atoms with Crippen LogP contribution in [-0.2, 0) is 10.5 Å². The summed E-state index contributed by atoms with van der Waals surface area (Å²) < 4.78 is 0. The number of carboxylic acids is 1. The van der Waals surface area contributed by atoms with Crippen LogP contribution < -0.4 is 0 Å². The van der Waals surface area contributed by atoms with E-state index in [0.717, 1.165) is 11.3 Å². The normalized spacial score (nSPS) is 10.8. The van der Waals surface area contributed by atoms with E-state index in [-0.39, 0.29) is 6.42 Å². The second-order valence-corrected chi connectivity index (χ2v) is 4.66. The second-order valence-electron chi connectivity index (χ2n) is 3.56. The molecule has 2 rings (SSSR count). The number of hydrogen-bond donors (Lipinski definition) is 2. The Labute approximate surface area is 97.9 Å². The van der Waals surface area contributed by atoms with E-state index in [9.17, 15) is 4.79 Å². The van der Waals surface area contributed by atoms with Gasteiger partial charge in [-0.15, -0.1) is 0 Å². The maximum atomic E-state index is 10.4. The highest BCUT2D eigenvalue weighted by Crippen LogP contribution is 2.22. The summed E-state index contributed by atoms with van der Waals surface area (Å²) in [5, 5.41) is 9.75. The Kier molecular flexibility index (Phi) is 3.51. The van der Waals surface area contributed by atoms with Gasteiger partial charge in [0.05, 0.1) is 6.42 Å². The van der Waals surface area contributed by atoms with Crippen molar-refractivity contribution < 1.29 is 9.90 Å². The average Bonchev–Trinajstić information content (AvgIpc) is 2.68. The van der Waals surface area contributed by atoms with Crippen LogP contribution in [-0.4, -0.2) is 21.8 Å². The van der Waals surface area contributed by atoms with Crippen LogP contribution in [0.15, 0.2) is 30.5 Å². The molecule has 0 aliphatic rings. The first kappa shape index (κ1) is 11.1. The Bertz CT molecular complexity index is 492. The SMILES string of the molecule is O=C(O)CCSCc1c[nH]c2ccccc12. The van der Waals surface area contributed by atoms with Gasteiger partial charge in [0.25, 0.3) is 0 Å². The van der Waals surface area contributed by atoms with Crippen molar-refractivity contribution >= 4 is 28.6 Å². The second kappa shape index (κ2) is 5.07. The molecule has 0 aliphatic heterocycles. The van der Waals surface area contributed by atoms with Crippen LogP contribution in [0.1, 0.15) is 12.0 Å². The van der Waals surface area contributed by atoms with Crippen LogP contribution in [0.5, 0.6) is 0 Å². The zero-order valence-corrected chi connectivity index (χ0v) is 9.59. The van der Waals surface area contributed by atoms with E-state index in [4.69, 9.17) is 5.11 Å². The summed E-state index contributed by atoms with van der Waals surface area (Å²) in [7, 11) is 0. The molecule has 4 heteroatoms. The van der Waals surface area contributed by atoms with Crippen molar-refractivity contribution in [3.8, 4) is 0 Å². The first-order valence-corrected chi connectivity index (χ1v) is 6.27. The van der Waals surface area contributed by atoms with Gasteiger partial charge < -0.3 is 10.1 Å². The van der Waals surface area contributed by atoms with Gasteiger partial charge in [-0.2, -0.15) is 11.8 Å². The number of benzene rings is 1. The molecule has 16 heavy (non-hydrogen) atoms. The van der Waals surface area contributed by atoms with Gasteiger partial charge in [-0.3, -0.25) is 4.79 Å². The lowest BCUT2D eigenvalue weighted by Gasteiger charge is -1.98. The first-order valence-electron chi connectivity index (χ1n) is 5.12. The monoisotopic (exact) mass is 235 g/mol. The third kappa shape index (κ3) is 2.58. The van der Waals surface area contributed by atoms with Gasteiger partial charge in [0.15, 0.2) is 0 Å². The topological polar surface area (TPSA) is 53.1 Å². The van der Waals surface area contributed by atoms with Crippen molar-refractivity contribution in [3.05, 3.63) is 36.0 Å². The number of thioether (sulfide) groups is 1. The highest BCUT2D eigenvalue weighted by atomic mass is 32.2. The van der Waals surface area contributed by atoms with Gasteiger partial charge in [-0.05, 0) is 11.6 Å². The minimum absolute atomic E-state index is 0.229. The molecular formula is C12H13NO2S. The number of aromatic nitrogens is 1. The maximum Gasteiger partial charge on any atom is 0.304 e. The molecule has 84 valence electrons. The number of nitrogens with one attached hydrogen (secondary N) is 1. The van der Waals surface area contributed by atoms with E-state index in [0.29, 0.717) is 5.75 Å². The quantitative estimate of drug-likeness (QED) is 0.783. The fourth-order valence-corrected chi connectivity index (χ4v) is 2.51. The highest BCUT2D eigenvalue weighted by molar-refractivity contribution is 7.98. The zero-order chi connectivity index (χ0) is 11.4. The molecule has 1 aromatic carbocycles. The maximum absolute atomic E-state index is 10.4. The largest absolute Gasteiger partial charge is 0.481 e. The van der Waals surface area contributed by atoms with Crippen molar-refractivity contribution in [2.75, 3.05) is 5.75 Å². The average molecular weight is 235 g/mol. The van der Waals surface area contributed by atoms with Crippen LogP contribution in [0.4, 0.5) is 0 Å². The third-order valence-electron chi connectivity index (χ3n) is 2.39. The number of hydrogen-bond acceptors (Lipinski definition) is 2. The Morgan fingerprint density at radius 1 is 1.38 bits per heavy atom. The number of H-pyrrole nitrogens is 1. The minimum atomic E-state index is -0.730. The van der Waals surface area contributed by atoms with Crippen molar-refractivity contribution in [2.24, 2.45) is 0 Å². The summed E-state index contributed by atoms with van der Waals surface area (Å²) in [6.45, 7) is 0. The highest BCUT2D eigenvalue weighted by Gasteiger charge is 2.03. The van der Waals surface area contributed by atoms with E-state index < -0.39 is 5.97 Å². The molecule has 0 unspecified atom stereocenters. The van der Waals surface area contributed by atoms with E-state index in [1.165, 1.54) is 10.9 Å². The van der Waals surface area contributed by atoms with E-state index >= 15 is 0 Å². The molecule has 0 radical (unpaired) electrons. The van der Waals surface area contributed by atoms with Crippen LogP contribution in [0, 0.1) is 0 Å². The van der Waals surface area contributed by atoms with Gasteiger partial charge in [-0.25, -0.2) is 0 Å². The summed E-state index contributed by atoms with van der Waals surface area (Å²) >= 11 is 1.65. The fourth-order valence-electron chi connectivity index (χ4n) is 1.59. The van der Waals surface area contributed by atoms with Gasteiger partial charge in [-0.1, -0.05) is 18.2 Å². The van der Waals surface area contributed by atoms with Crippen LogP contribution in [0.2, 0.25) is 0 Å². The molecule has 0 saturated carbocycles. The predicted molar refractivity (Wildman–Crippen MR) is 66.7 cm³/mol. The van der Waals surface area contributed by atoms with Crippen LogP contribution in [0.25, 0.3) is 10.9 Å². The molecule has 1 aromatic heterocycles. The number of aromatic amines is 1. The summed E-state index contributed by atoms with van der Waals surface area (Å²) in [5.41, 5.74) is 2.38. The number of carbonyl (C=O) groups is 1. The smallest absolute Gasteiger partial charge is 0.304 e. The predicted octanol–water partition coefficient (Wildman–Crippen LogP) is 2.88. The van der Waals surface area contributed by atoms with Crippen molar-refractivity contribution in [3.63, 3.8) is 0 Å². The summed E-state index contributed by atoms with van der Waals surface area (Å²) in [6, 6.07) is 8.14. The Morgan fingerprint density at radius 3 is 3.00 bits per heavy atom. The lowest BCUT2D eigenvalue weighted by atomic mass is 10.2. The molecule has 2 N–H and O–H groups in total. The summed E-state index contributed by atoms with van der Waals surface area (Å²) in [6.07, 6.45) is 2.23. The van der Waals surface area contributed by atoms with Crippen molar-refractivity contribution in [1.82, 2.24) is 4.98 Å². The molecule has 0 bridgehead atoms. The molecule has 0 atom stereocenters. The molecule has 3 nitrogen and oxygen atoms in total. The Morgan fingerprint density at radius 2 is 2.19 bits per heavy atom. The molecule has 0 saturated heterocycles. The minimum Gasteiger partial charge on any atom is -0.481 e. The standard InChI is InChI=1S/C12H13NO2S/c14-12(15)5-6-16-8-9-7-13-11-4-2-1-3-10(9)11/h1-4,7,13H,5-6,8H2,(H,14,15). The van der Waals surface area contributed by atoms with Crippen LogP contribution in [0.3, 0.4) is 0 Å². The molecule has 0 aliphatic carbocycles. The van der Waals surface area contributed by atoms with E-state index in [1.807, 2.05) is 24.4 Å². The molecule has 0 spiro atoms. The Balaban J connectivity index is 1.97. The molecule has 1 heterocycles. The van der Waals surface area contributed by atoms with Crippen molar-refractivity contribution in [2.45, 2.75) is 12.2 Å². The number of rotatable bonds is 5. The number of carboxylic acid groups (broad SMARTS) is 1. The van der Waals surface area contributed by atoms with Gasteiger partial charge in [0.2, 0.25) is 0 Å². The molecular weight excluding hydrogens is 222 g/mol. The van der Waals surface area contributed by atoms with E-state index in [2.05, 4.69) is 11.1 Å². The molecule has 2 aromatic rings. The Hall–Kier alpha value is -1.42. The number of aliphatic carboxylic acids is 1. The van der Waals surface area contributed by atoms with E-state index in [1.54, 1.807) is 11.8 Å². The lowest BCUT2D eigenvalue weighted by Crippen LogP contribution is -1.96. The number of para-hydroxylation sites is 1. The third-order valence-corrected chi connectivity index (χ3v) is 3.40. The zero-order valence-electron chi connectivity index (χ0n) is 8.77. The van der Waals surface area contributed by atoms with Crippen molar-refractivity contribution in [1.29, 1.82) is 0 Å². The van der Waals surface area contributed by atoms with Gasteiger partial charge in [0, 0.05) is 28.6 Å². The fraction of sp³-hybridized carbons (Fsp3) is 0.250. The summed E-state index contributed by atoms with van der Waals surface area (Å²) in [4.78, 5) is 13.6. The lowest BCUT2D eigenvalue weighted by molar-refractivity contribution is -0.136. The van der Waals surface area contributed by atoms with Gasteiger partial charge in [0.1, 0.15) is 0 Å². The van der Waals surface area contributed by atoms with Crippen LogP contribution >= 0.6 is 11.8 Å².